The Hall–Kier alpha value is -3.82. The first-order valence-electron chi connectivity index (χ1n) is 11.9. The summed E-state index contributed by atoms with van der Waals surface area (Å²) >= 11 is 0. The lowest BCUT2D eigenvalue weighted by Gasteiger charge is -2.41. The van der Waals surface area contributed by atoms with Gasteiger partial charge < -0.3 is 14.7 Å². The van der Waals surface area contributed by atoms with E-state index in [-0.39, 0.29) is 25.0 Å². The van der Waals surface area contributed by atoms with Crippen LogP contribution in [0.2, 0.25) is 0 Å². The van der Waals surface area contributed by atoms with Crippen LogP contribution in [0, 0.1) is 18.3 Å². The smallest absolute Gasteiger partial charge is 0.394 e. The fraction of sp³-hybridized carbons (Fsp3) is 0.400. The summed E-state index contributed by atoms with van der Waals surface area (Å²) in [5.74, 6) is 0.827. The van der Waals surface area contributed by atoms with E-state index in [0.717, 1.165) is 28.4 Å². The number of fused-ring (bicyclic) bond motifs is 2. The molecule has 1 aliphatic heterocycles. The van der Waals surface area contributed by atoms with Crippen molar-refractivity contribution < 1.29 is 23.0 Å². The molecule has 0 aromatic carbocycles. The third-order valence-electron chi connectivity index (χ3n) is 6.78. The number of pyridine rings is 2. The van der Waals surface area contributed by atoms with Crippen molar-refractivity contribution in [2.75, 3.05) is 31.2 Å². The second-order valence-corrected chi connectivity index (χ2v) is 9.33. The predicted octanol–water partition coefficient (Wildman–Crippen LogP) is 3.61. The van der Waals surface area contributed by atoms with Crippen LogP contribution in [-0.4, -0.2) is 62.1 Å². The standard InChI is InChI=1S/C25H22F3N7O2/c1-13-20(16-6-7-30-22-17(16)4-5-19(32-22)14-2-3-14)24(34-11-15(12-34)37-9-8-36)35-23(31-13)18(10-29)21(33-35)25(26,27)28/h4-7,14-15,36H,2-3,8-9,11-12H2,1H3. The van der Waals surface area contributed by atoms with Gasteiger partial charge in [-0.25, -0.2) is 15.0 Å². The molecule has 37 heavy (non-hydrogen) atoms. The molecule has 5 heterocycles. The van der Waals surface area contributed by atoms with Gasteiger partial charge in [-0.15, -0.1) is 0 Å². The molecule has 0 radical (unpaired) electrons. The molecule has 0 bridgehead atoms. The van der Waals surface area contributed by atoms with E-state index in [2.05, 4.69) is 15.1 Å². The molecule has 0 atom stereocenters. The highest BCUT2D eigenvalue weighted by atomic mass is 19.4. The summed E-state index contributed by atoms with van der Waals surface area (Å²) < 4.78 is 48.2. The number of anilines is 1. The Morgan fingerprint density at radius 2 is 1.97 bits per heavy atom. The van der Waals surface area contributed by atoms with Gasteiger partial charge in [0.15, 0.2) is 17.0 Å². The zero-order valence-corrected chi connectivity index (χ0v) is 19.8. The summed E-state index contributed by atoms with van der Waals surface area (Å²) in [4.78, 5) is 15.5. The average molecular weight is 509 g/mol. The second kappa shape index (κ2) is 8.64. The molecular weight excluding hydrogens is 487 g/mol. The van der Waals surface area contributed by atoms with Gasteiger partial charge in [-0.1, -0.05) is 0 Å². The highest BCUT2D eigenvalue weighted by Crippen LogP contribution is 2.43. The van der Waals surface area contributed by atoms with Crippen molar-refractivity contribution >= 4 is 22.5 Å². The first kappa shape index (κ1) is 23.6. The lowest BCUT2D eigenvalue weighted by molar-refractivity contribution is -0.141. The van der Waals surface area contributed by atoms with E-state index in [0.29, 0.717) is 47.3 Å². The molecular formula is C25H22F3N7O2. The Balaban J connectivity index is 1.58. The number of halogens is 3. The van der Waals surface area contributed by atoms with Crippen LogP contribution in [0.3, 0.4) is 0 Å². The van der Waals surface area contributed by atoms with Crippen molar-refractivity contribution in [3.05, 3.63) is 47.0 Å². The SMILES string of the molecule is Cc1nc2c(C#N)c(C(F)(F)F)nn2c(N2CC(OCCO)C2)c1-c1ccnc2nc(C3CC3)ccc12. The molecule has 6 rings (SSSR count). The van der Waals surface area contributed by atoms with Crippen LogP contribution >= 0.6 is 0 Å². The Morgan fingerprint density at radius 3 is 2.65 bits per heavy atom. The largest absolute Gasteiger partial charge is 0.436 e. The van der Waals surface area contributed by atoms with E-state index in [1.165, 1.54) is 0 Å². The number of nitrogens with zero attached hydrogens (tertiary/aromatic N) is 7. The Morgan fingerprint density at radius 1 is 1.19 bits per heavy atom. The van der Waals surface area contributed by atoms with Crippen LogP contribution < -0.4 is 4.90 Å². The average Bonchev–Trinajstić information content (AvgIpc) is 3.62. The van der Waals surface area contributed by atoms with E-state index < -0.39 is 17.4 Å². The Bertz CT molecular complexity index is 1570. The first-order chi connectivity index (χ1) is 17.8. The quantitative estimate of drug-likeness (QED) is 0.420. The van der Waals surface area contributed by atoms with Crippen molar-refractivity contribution in [3.63, 3.8) is 0 Å². The van der Waals surface area contributed by atoms with Crippen LogP contribution in [0.5, 0.6) is 0 Å². The number of rotatable bonds is 6. The van der Waals surface area contributed by atoms with Gasteiger partial charge in [0.2, 0.25) is 0 Å². The van der Waals surface area contributed by atoms with Crippen LogP contribution in [0.1, 0.15) is 41.4 Å². The van der Waals surface area contributed by atoms with Gasteiger partial charge in [-0.05, 0) is 43.5 Å². The normalized spacial score (nSPS) is 16.4. The van der Waals surface area contributed by atoms with Gasteiger partial charge in [-0.2, -0.15) is 28.0 Å². The van der Waals surface area contributed by atoms with Crippen LogP contribution in [0.4, 0.5) is 19.0 Å². The van der Waals surface area contributed by atoms with E-state index in [1.54, 1.807) is 25.3 Å². The summed E-state index contributed by atoms with van der Waals surface area (Å²) in [5.41, 5.74) is 1.23. The Labute approximate surface area is 209 Å². The topological polar surface area (TPSA) is 112 Å². The molecule has 1 aliphatic carbocycles. The number of alkyl halides is 3. The van der Waals surface area contributed by atoms with Crippen molar-refractivity contribution in [1.82, 2.24) is 24.6 Å². The van der Waals surface area contributed by atoms with Crippen molar-refractivity contribution in [3.8, 4) is 17.2 Å². The van der Waals surface area contributed by atoms with Gasteiger partial charge >= 0.3 is 6.18 Å². The molecule has 0 amide bonds. The van der Waals surface area contributed by atoms with Crippen LogP contribution in [-0.2, 0) is 10.9 Å². The summed E-state index contributed by atoms with van der Waals surface area (Å²) in [6.07, 6.45) is -1.20. The van der Waals surface area contributed by atoms with Gasteiger partial charge in [0, 0.05) is 41.8 Å². The fourth-order valence-electron chi connectivity index (χ4n) is 4.86. The molecule has 9 nitrogen and oxygen atoms in total. The molecule has 0 spiro atoms. The van der Waals surface area contributed by atoms with Crippen molar-refractivity contribution in [1.29, 1.82) is 5.26 Å². The zero-order valence-electron chi connectivity index (χ0n) is 19.8. The van der Waals surface area contributed by atoms with Gasteiger partial charge in [0.05, 0.1) is 25.0 Å². The van der Waals surface area contributed by atoms with Gasteiger partial charge in [0.1, 0.15) is 17.5 Å². The predicted molar refractivity (Wildman–Crippen MR) is 127 cm³/mol. The van der Waals surface area contributed by atoms with Crippen molar-refractivity contribution in [2.24, 2.45) is 0 Å². The number of ether oxygens (including phenoxy) is 1. The lowest BCUT2D eigenvalue weighted by atomic mass is 9.99. The molecule has 1 saturated heterocycles. The zero-order chi connectivity index (χ0) is 25.9. The highest BCUT2D eigenvalue weighted by Gasteiger charge is 2.41. The Kier molecular flexibility index (Phi) is 5.50. The van der Waals surface area contributed by atoms with Gasteiger partial charge in [-0.3, -0.25) is 0 Å². The minimum Gasteiger partial charge on any atom is -0.394 e. The molecule has 2 aliphatic rings. The van der Waals surface area contributed by atoms with Crippen LogP contribution in [0.15, 0.2) is 24.4 Å². The second-order valence-electron chi connectivity index (χ2n) is 9.33. The molecule has 1 N–H and O–H groups in total. The fourth-order valence-corrected chi connectivity index (χ4v) is 4.86. The van der Waals surface area contributed by atoms with E-state index in [9.17, 15) is 18.4 Å². The molecule has 1 saturated carbocycles. The molecule has 190 valence electrons. The minimum absolute atomic E-state index is 0.126. The number of hydrogen-bond acceptors (Lipinski definition) is 8. The minimum atomic E-state index is -4.82. The number of nitriles is 1. The highest BCUT2D eigenvalue weighted by molar-refractivity contribution is 5.97. The summed E-state index contributed by atoms with van der Waals surface area (Å²) in [6.45, 7) is 2.50. The lowest BCUT2D eigenvalue weighted by Crippen LogP contribution is -2.53. The molecule has 12 heteroatoms. The summed E-state index contributed by atoms with van der Waals surface area (Å²) in [6, 6.07) is 7.35. The number of hydrogen-bond donors (Lipinski definition) is 1. The third-order valence-corrected chi connectivity index (χ3v) is 6.78. The third kappa shape index (κ3) is 3.95. The van der Waals surface area contributed by atoms with E-state index in [4.69, 9.17) is 14.8 Å². The first-order valence-corrected chi connectivity index (χ1v) is 11.9. The van der Waals surface area contributed by atoms with Crippen LogP contribution in [0.25, 0.3) is 27.8 Å². The molecule has 2 fully saturated rings. The number of aliphatic hydroxyl groups is 1. The van der Waals surface area contributed by atoms with Gasteiger partial charge in [0.25, 0.3) is 0 Å². The molecule has 0 unspecified atom stereocenters. The maximum atomic E-state index is 13.8. The number of aliphatic hydroxyl groups excluding tert-OH is 1. The molecule has 4 aromatic rings. The maximum absolute atomic E-state index is 13.8. The molecule has 4 aromatic heterocycles. The number of aromatic nitrogens is 5. The van der Waals surface area contributed by atoms with E-state index >= 15 is 0 Å². The number of aryl methyl sites for hydroxylation is 1. The monoisotopic (exact) mass is 509 g/mol. The maximum Gasteiger partial charge on any atom is 0.436 e. The van der Waals surface area contributed by atoms with Crippen molar-refractivity contribution in [2.45, 2.75) is 38.0 Å². The van der Waals surface area contributed by atoms with E-state index in [1.807, 2.05) is 17.0 Å². The summed E-state index contributed by atoms with van der Waals surface area (Å²) in [7, 11) is 0. The summed E-state index contributed by atoms with van der Waals surface area (Å²) in [5, 5.41) is 23.3.